The van der Waals surface area contributed by atoms with E-state index < -0.39 is 40.8 Å². The normalized spacial score (nSPS) is 15.1. The van der Waals surface area contributed by atoms with Crippen LogP contribution in [0.5, 0.6) is 11.5 Å². The average Bonchev–Trinajstić information content (AvgIpc) is 2.86. The van der Waals surface area contributed by atoms with E-state index in [4.69, 9.17) is 21.1 Å². The maximum absolute atomic E-state index is 13.2. The van der Waals surface area contributed by atoms with Crippen molar-refractivity contribution in [3.05, 3.63) is 92.4 Å². The lowest BCUT2D eigenvalue weighted by molar-refractivity contribution is -0.137. The zero-order valence-electron chi connectivity index (χ0n) is 19.4. The van der Waals surface area contributed by atoms with Crippen molar-refractivity contribution in [3.8, 4) is 11.5 Å². The highest BCUT2D eigenvalue weighted by atomic mass is 79.9. The number of carbonyl (C=O) groups excluding carboxylic acids is 3. The molecule has 7 nitrogen and oxygen atoms in total. The van der Waals surface area contributed by atoms with Gasteiger partial charge in [0, 0.05) is 4.47 Å². The smallest absolute Gasteiger partial charge is 0.416 e. The summed E-state index contributed by atoms with van der Waals surface area (Å²) in [5.41, 5.74) is -0.895. The number of nitrogens with zero attached hydrogens (tertiary/aromatic N) is 1. The molecule has 1 aliphatic rings. The molecular weight excluding hydrogens is 593 g/mol. The summed E-state index contributed by atoms with van der Waals surface area (Å²) in [6.07, 6.45) is -3.57. The summed E-state index contributed by atoms with van der Waals surface area (Å²) in [4.78, 5) is 38.5. The number of halogens is 5. The van der Waals surface area contributed by atoms with Crippen LogP contribution < -0.4 is 19.7 Å². The number of hydrogen-bond donors (Lipinski definition) is 1. The van der Waals surface area contributed by atoms with Gasteiger partial charge in [0.1, 0.15) is 12.2 Å². The fraction of sp³-hybridized carbons (Fsp3) is 0.115. The molecule has 38 heavy (non-hydrogen) atoms. The monoisotopic (exact) mass is 608 g/mol. The van der Waals surface area contributed by atoms with Crippen molar-refractivity contribution in [2.24, 2.45) is 0 Å². The number of alkyl halides is 3. The quantitative estimate of drug-likeness (QED) is 0.259. The van der Waals surface area contributed by atoms with Gasteiger partial charge in [-0.2, -0.15) is 13.2 Å². The summed E-state index contributed by atoms with van der Waals surface area (Å²) in [6, 6.07) is 13.1. The zero-order valence-corrected chi connectivity index (χ0v) is 21.8. The molecule has 196 valence electrons. The molecule has 1 aliphatic heterocycles. The van der Waals surface area contributed by atoms with Crippen molar-refractivity contribution in [1.29, 1.82) is 0 Å². The molecule has 4 rings (SSSR count). The summed E-state index contributed by atoms with van der Waals surface area (Å²) in [5, 5.41) is 1.67. The van der Waals surface area contributed by atoms with E-state index in [1.54, 1.807) is 12.1 Å². The van der Waals surface area contributed by atoms with Crippen LogP contribution in [0, 0.1) is 0 Å². The molecule has 0 unspecified atom stereocenters. The maximum Gasteiger partial charge on any atom is 0.416 e. The first-order valence-electron chi connectivity index (χ1n) is 10.8. The van der Waals surface area contributed by atoms with Gasteiger partial charge in [0.25, 0.3) is 11.8 Å². The highest BCUT2D eigenvalue weighted by Crippen LogP contribution is 2.37. The molecule has 0 aromatic heterocycles. The highest BCUT2D eigenvalue weighted by molar-refractivity contribution is 9.10. The van der Waals surface area contributed by atoms with Crippen molar-refractivity contribution < 1.29 is 37.0 Å². The van der Waals surface area contributed by atoms with E-state index >= 15 is 0 Å². The van der Waals surface area contributed by atoms with Gasteiger partial charge < -0.3 is 9.47 Å². The van der Waals surface area contributed by atoms with E-state index in [-0.39, 0.29) is 11.6 Å². The fourth-order valence-electron chi connectivity index (χ4n) is 3.54. The number of rotatable bonds is 6. The molecule has 0 aliphatic carbocycles. The maximum atomic E-state index is 13.2. The number of benzene rings is 3. The van der Waals surface area contributed by atoms with Gasteiger partial charge in [0.2, 0.25) is 0 Å². The summed E-state index contributed by atoms with van der Waals surface area (Å²) in [7, 11) is 1.41. The largest absolute Gasteiger partial charge is 0.493 e. The molecule has 1 N–H and O–H groups in total. The third-order valence-electron chi connectivity index (χ3n) is 5.42. The van der Waals surface area contributed by atoms with Crippen LogP contribution in [-0.4, -0.2) is 25.0 Å². The molecule has 1 heterocycles. The van der Waals surface area contributed by atoms with E-state index in [1.807, 2.05) is 29.6 Å². The van der Waals surface area contributed by atoms with E-state index in [9.17, 15) is 27.6 Å². The Morgan fingerprint density at radius 3 is 2.37 bits per heavy atom. The Balaban J connectivity index is 1.63. The van der Waals surface area contributed by atoms with E-state index in [0.717, 1.165) is 16.1 Å². The lowest BCUT2D eigenvalue weighted by atomic mass is 10.1. The van der Waals surface area contributed by atoms with Crippen LogP contribution in [0.1, 0.15) is 16.7 Å². The third-order valence-corrected chi connectivity index (χ3v) is 6.27. The molecule has 4 amide bonds. The Morgan fingerprint density at radius 2 is 1.71 bits per heavy atom. The molecule has 1 saturated heterocycles. The SMILES string of the molecule is COc1cc(/C=C2\C(=O)NC(=O)N(c3cc(C(F)(F)F)ccc3Cl)C2=O)ccc1OCc1ccc(Br)cc1. The Morgan fingerprint density at radius 1 is 1.00 bits per heavy atom. The standard InChI is InChI=1S/C26H17BrClF3N2O5/c1-37-22-11-15(4-9-21(22)38-13-14-2-6-17(27)7-3-14)10-18-23(34)32-25(36)33(24(18)35)20-12-16(26(29,30)31)5-8-19(20)28/h2-12H,13H2,1H3,(H,32,34,36)/b18-10+. The molecule has 12 heteroatoms. The minimum absolute atomic E-state index is 0.250. The second-order valence-electron chi connectivity index (χ2n) is 7.95. The number of nitrogens with one attached hydrogen (secondary N) is 1. The van der Waals surface area contributed by atoms with Crippen LogP contribution in [-0.2, 0) is 22.4 Å². The van der Waals surface area contributed by atoms with E-state index in [2.05, 4.69) is 15.9 Å². The van der Waals surface area contributed by atoms with Gasteiger partial charge >= 0.3 is 12.2 Å². The zero-order chi connectivity index (χ0) is 27.6. The molecule has 0 bridgehead atoms. The van der Waals surface area contributed by atoms with Gasteiger partial charge in [-0.3, -0.25) is 14.9 Å². The average molecular weight is 610 g/mol. The number of carbonyl (C=O) groups is 3. The number of anilines is 1. The first-order chi connectivity index (χ1) is 18.0. The molecule has 3 aromatic carbocycles. The number of amides is 4. The van der Waals surface area contributed by atoms with Crippen LogP contribution >= 0.6 is 27.5 Å². The van der Waals surface area contributed by atoms with Gasteiger partial charge in [-0.05, 0) is 59.7 Å². The second-order valence-corrected chi connectivity index (χ2v) is 9.27. The Hall–Kier alpha value is -3.83. The second kappa shape index (κ2) is 10.9. The highest BCUT2D eigenvalue weighted by Gasteiger charge is 2.39. The topological polar surface area (TPSA) is 84.9 Å². The van der Waals surface area contributed by atoms with Crippen molar-refractivity contribution in [2.75, 3.05) is 12.0 Å². The molecule has 3 aromatic rings. The number of urea groups is 1. The van der Waals surface area contributed by atoms with E-state index in [1.165, 1.54) is 19.3 Å². The van der Waals surface area contributed by atoms with Gasteiger partial charge in [-0.1, -0.05) is 45.7 Å². The summed E-state index contributed by atoms with van der Waals surface area (Å²) < 4.78 is 51.8. The molecular formula is C26H17BrClF3N2O5. The van der Waals surface area contributed by atoms with Crippen molar-refractivity contribution in [1.82, 2.24) is 5.32 Å². The molecule has 0 radical (unpaired) electrons. The molecule has 0 spiro atoms. The van der Waals surface area contributed by atoms with Gasteiger partial charge in [0.15, 0.2) is 11.5 Å². The third kappa shape index (κ3) is 5.84. The number of imide groups is 2. The first-order valence-corrected chi connectivity index (χ1v) is 12.0. The van der Waals surface area contributed by atoms with Crippen LogP contribution in [0.3, 0.4) is 0 Å². The lowest BCUT2D eigenvalue weighted by Gasteiger charge is -2.27. The van der Waals surface area contributed by atoms with Gasteiger partial charge in [0.05, 0.1) is 23.4 Å². The Kier molecular flexibility index (Phi) is 7.79. The van der Waals surface area contributed by atoms with Crippen molar-refractivity contribution in [2.45, 2.75) is 12.8 Å². The van der Waals surface area contributed by atoms with Crippen molar-refractivity contribution >= 4 is 57.1 Å². The van der Waals surface area contributed by atoms with Gasteiger partial charge in [-0.25, -0.2) is 9.69 Å². The Bertz CT molecular complexity index is 1460. The number of ether oxygens (including phenoxy) is 2. The molecule has 0 atom stereocenters. The minimum atomic E-state index is -4.75. The van der Waals surface area contributed by atoms with Crippen LogP contribution in [0.4, 0.5) is 23.7 Å². The predicted octanol–water partition coefficient (Wildman–Crippen LogP) is 6.38. The summed E-state index contributed by atoms with van der Waals surface area (Å²) in [6.45, 7) is 0.250. The van der Waals surface area contributed by atoms with Crippen LogP contribution in [0.15, 0.2) is 70.7 Å². The number of hydrogen-bond acceptors (Lipinski definition) is 5. The molecule has 1 fully saturated rings. The van der Waals surface area contributed by atoms with E-state index in [0.29, 0.717) is 34.1 Å². The number of barbiturate groups is 1. The summed E-state index contributed by atoms with van der Waals surface area (Å²) >= 11 is 9.38. The van der Waals surface area contributed by atoms with Crippen molar-refractivity contribution in [3.63, 3.8) is 0 Å². The first kappa shape index (κ1) is 27.2. The fourth-order valence-corrected chi connectivity index (χ4v) is 4.00. The summed E-state index contributed by atoms with van der Waals surface area (Å²) in [5.74, 6) is -1.47. The predicted molar refractivity (Wildman–Crippen MR) is 137 cm³/mol. The molecule has 0 saturated carbocycles. The Labute approximate surface area is 227 Å². The van der Waals surface area contributed by atoms with Crippen LogP contribution in [0.25, 0.3) is 6.08 Å². The lowest BCUT2D eigenvalue weighted by Crippen LogP contribution is -2.54. The van der Waals surface area contributed by atoms with Gasteiger partial charge in [-0.15, -0.1) is 0 Å². The minimum Gasteiger partial charge on any atom is -0.493 e. The van der Waals surface area contributed by atoms with Crippen LogP contribution in [0.2, 0.25) is 5.02 Å². The number of methoxy groups -OCH3 is 1.